The topological polar surface area (TPSA) is 118 Å². The molecule has 0 bridgehead atoms. The van der Waals surface area contributed by atoms with Gasteiger partial charge in [0.05, 0.1) is 24.2 Å². The number of aliphatic hydroxyl groups excluding tert-OH is 1. The number of nitrogens with one attached hydrogen (secondary N) is 2. The third-order valence-corrected chi connectivity index (χ3v) is 7.38. The van der Waals surface area contributed by atoms with Crippen LogP contribution in [0.2, 0.25) is 0 Å². The number of methoxy groups -OCH3 is 1. The molecule has 0 spiro atoms. The molecule has 3 aliphatic rings. The Hall–Kier alpha value is -3.25. The number of nitrogens with zero attached hydrogens (tertiary/aromatic N) is 2. The maximum absolute atomic E-state index is 15.0. The van der Waals surface area contributed by atoms with Gasteiger partial charge in [-0.25, -0.2) is 9.37 Å². The molecule has 0 saturated carbocycles. The number of ether oxygens (including phenoxy) is 4. The van der Waals surface area contributed by atoms with Crippen LogP contribution in [0.15, 0.2) is 36.4 Å². The van der Waals surface area contributed by atoms with Crippen molar-refractivity contribution in [3.05, 3.63) is 42.2 Å². The summed E-state index contributed by atoms with van der Waals surface area (Å²) in [4.78, 5) is 20.5. The SMILES string of the molecule is CCOC.O=CNC1CCN(c2ccc(-c3nc4cc(OC5CO[C@@H]6C(O)CO[C@H]56)[nH]c4cc3F)cc2)CC1. The summed E-state index contributed by atoms with van der Waals surface area (Å²) in [5, 5.41) is 12.8. The summed E-state index contributed by atoms with van der Waals surface area (Å²) in [6.07, 6.45) is 0.837. The van der Waals surface area contributed by atoms with Crippen LogP contribution in [-0.4, -0.2) is 92.0 Å². The fourth-order valence-electron chi connectivity index (χ4n) is 5.21. The number of piperidine rings is 1. The number of amides is 1. The number of carbonyl (C=O) groups excluding carboxylic acids is 1. The van der Waals surface area contributed by atoms with Gasteiger partial charge in [-0.3, -0.25) is 4.79 Å². The van der Waals surface area contributed by atoms with E-state index in [4.69, 9.17) is 14.2 Å². The summed E-state index contributed by atoms with van der Waals surface area (Å²) in [7, 11) is 1.68. The van der Waals surface area contributed by atoms with Crippen LogP contribution in [0.4, 0.5) is 10.1 Å². The number of fused-ring (bicyclic) bond motifs is 2. The average molecular weight is 543 g/mol. The zero-order chi connectivity index (χ0) is 27.4. The largest absolute Gasteiger partial charge is 0.470 e. The van der Waals surface area contributed by atoms with Gasteiger partial charge in [0, 0.05) is 56.2 Å². The second kappa shape index (κ2) is 12.3. The molecule has 3 fully saturated rings. The zero-order valence-corrected chi connectivity index (χ0v) is 22.1. The highest BCUT2D eigenvalue weighted by atomic mass is 19.1. The summed E-state index contributed by atoms with van der Waals surface area (Å²) in [5.74, 6) is 0.0250. The maximum atomic E-state index is 15.0. The summed E-state index contributed by atoms with van der Waals surface area (Å²) in [6.45, 7) is 5.03. The number of halogens is 1. The van der Waals surface area contributed by atoms with E-state index in [1.165, 1.54) is 6.07 Å². The van der Waals surface area contributed by atoms with E-state index >= 15 is 0 Å². The maximum Gasteiger partial charge on any atom is 0.207 e. The van der Waals surface area contributed by atoms with Crippen molar-refractivity contribution >= 4 is 23.1 Å². The number of hydrogen-bond donors (Lipinski definition) is 3. The van der Waals surface area contributed by atoms with Gasteiger partial charge in [-0.15, -0.1) is 0 Å². The third-order valence-electron chi connectivity index (χ3n) is 7.38. The lowest BCUT2D eigenvalue weighted by Gasteiger charge is -2.33. The number of H-pyrrole nitrogens is 1. The van der Waals surface area contributed by atoms with Gasteiger partial charge in [0.25, 0.3) is 0 Å². The van der Waals surface area contributed by atoms with E-state index in [9.17, 15) is 14.3 Å². The molecular weight excluding hydrogens is 507 g/mol. The number of benzene rings is 1. The molecule has 0 radical (unpaired) electrons. The highest BCUT2D eigenvalue weighted by Crippen LogP contribution is 2.32. The van der Waals surface area contributed by atoms with Crippen molar-refractivity contribution in [3.63, 3.8) is 0 Å². The van der Waals surface area contributed by atoms with Crippen LogP contribution in [0.3, 0.4) is 0 Å². The van der Waals surface area contributed by atoms with Crippen LogP contribution < -0.4 is 15.0 Å². The number of anilines is 1. The molecule has 4 atom stereocenters. The number of aromatic nitrogens is 2. The summed E-state index contributed by atoms with van der Waals surface area (Å²) in [6, 6.07) is 11.1. The highest BCUT2D eigenvalue weighted by molar-refractivity contribution is 5.81. The number of hydrogen-bond acceptors (Lipinski definition) is 8. The van der Waals surface area contributed by atoms with Gasteiger partial charge in [-0.05, 0) is 31.9 Å². The molecule has 39 heavy (non-hydrogen) atoms. The van der Waals surface area contributed by atoms with Crippen molar-refractivity contribution in [2.24, 2.45) is 0 Å². The first kappa shape index (κ1) is 27.3. The number of carbonyl (C=O) groups is 1. The fourth-order valence-corrected chi connectivity index (χ4v) is 5.21. The Morgan fingerprint density at radius 3 is 2.59 bits per heavy atom. The molecule has 210 valence electrons. The van der Waals surface area contributed by atoms with Crippen molar-refractivity contribution in [1.82, 2.24) is 15.3 Å². The molecule has 2 unspecified atom stereocenters. The minimum Gasteiger partial charge on any atom is -0.470 e. The lowest BCUT2D eigenvalue weighted by Crippen LogP contribution is -2.42. The van der Waals surface area contributed by atoms with Crippen molar-refractivity contribution < 1.29 is 33.2 Å². The van der Waals surface area contributed by atoms with Crippen LogP contribution in [0.25, 0.3) is 22.3 Å². The van der Waals surface area contributed by atoms with Gasteiger partial charge >= 0.3 is 0 Å². The van der Waals surface area contributed by atoms with Crippen molar-refractivity contribution in [3.8, 4) is 17.1 Å². The van der Waals surface area contributed by atoms with Crippen LogP contribution in [0.1, 0.15) is 19.8 Å². The van der Waals surface area contributed by atoms with E-state index in [1.807, 2.05) is 31.2 Å². The minimum absolute atomic E-state index is 0.225. The lowest BCUT2D eigenvalue weighted by atomic mass is 10.0. The molecule has 1 amide bonds. The highest BCUT2D eigenvalue weighted by Gasteiger charge is 2.48. The number of rotatable bonds is 7. The van der Waals surface area contributed by atoms with Gasteiger partial charge in [-0.1, -0.05) is 12.1 Å². The van der Waals surface area contributed by atoms with Crippen LogP contribution in [0, 0.1) is 5.82 Å². The average Bonchev–Trinajstić information content (AvgIpc) is 3.65. The van der Waals surface area contributed by atoms with Gasteiger partial charge in [0.1, 0.15) is 24.0 Å². The van der Waals surface area contributed by atoms with Crippen LogP contribution in [0.5, 0.6) is 5.88 Å². The predicted octanol–water partition coefficient (Wildman–Crippen LogP) is 2.64. The molecule has 11 heteroatoms. The van der Waals surface area contributed by atoms with Gasteiger partial charge in [0.15, 0.2) is 17.8 Å². The van der Waals surface area contributed by atoms with Crippen molar-refractivity contribution in [2.45, 2.75) is 50.2 Å². The fraction of sp³-hybridized carbons (Fsp3) is 0.500. The monoisotopic (exact) mass is 542 g/mol. The quantitative estimate of drug-likeness (QED) is 0.390. The summed E-state index contributed by atoms with van der Waals surface area (Å²) in [5.41, 5.74) is 3.15. The Morgan fingerprint density at radius 1 is 1.18 bits per heavy atom. The molecule has 10 nitrogen and oxygen atoms in total. The second-order valence-electron chi connectivity index (χ2n) is 9.87. The van der Waals surface area contributed by atoms with E-state index in [1.54, 1.807) is 13.2 Å². The zero-order valence-electron chi connectivity index (χ0n) is 22.1. The Balaban J connectivity index is 0.000000723. The molecule has 2 aromatic heterocycles. The Kier molecular flexibility index (Phi) is 8.61. The van der Waals surface area contributed by atoms with Gasteiger partial charge in [0.2, 0.25) is 6.41 Å². The van der Waals surface area contributed by atoms with E-state index in [0.717, 1.165) is 44.6 Å². The Labute approximate surface area is 226 Å². The first-order chi connectivity index (χ1) is 19.0. The van der Waals surface area contributed by atoms with E-state index in [-0.39, 0.29) is 36.7 Å². The third kappa shape index (κ3) is 6.01. The molecule has 5 heterocycles. The first-order valence-electron chi connectivity index (χ1n) is 13.3. The second-order valence-corrected chi connectivity index (χ2v) is 9.87. The van der Waals surface area contributed by atoms with E-state index in [2.05, 4.69) is 24.9 Å². The van der Waals surface area contributed by atoms with Crippen molar-refractivity contribution in [2.75, 3.05) is 44.9 Å². The molecule has 3 saturated heterocycles. The molecule has 0 aliphatic carbocycles. The number of aliphatic hydroxyl groups is 1. The lowest BCUT2D eigenvalue weighted by molar-refractivity contribution is -0.110. The number of pyridine rings is 1. The van der Waals surface area contributed by atoms with Crippen LogP contribution in [-0.2, 0) is 19.0 Å². The van der Waals surface area contributed by atoms with E-state index < -0.39 is 11.9 Å². The molecule has 3 aromatic rings. The Morgan fingerprint density at radius 2 is 1.90 bits per heavy atom. The number of aromatic amines is 1. The smallest absolute Gasteiger partial charge is 0.207 e. The molecule has 1 aromatic carbocycles. The normalized spacial score (nSPS) is 24.8. The van der Waals surface area contributed by atoms with Crippen LogP contribution >= 0.6 is 0 Å². The minimum atomic E-state index is -0.646. The molecular formula is C28H35FN4O6. The Bertz CT molecular complexity index is 1240. The predicted molar refractivity (Wildman–Crippen MR) is 143 cm³/mol. The van der Waals surface area contributed by atoms with E-state index in [0.29, 0.717) is 29.1 Å². The van der Waals surface area contributed by atoms with Gasteiger partial charge < -0.3 is 39.3 Å². The van der Waals surface area contributed by atoms with Crippen molar-refractivity contribution in [1.29, 1.82) is 0 Å². The molecule has 3 aliphatic heterocycles. The summed E-state index contributed by atoms with van der Waals surface area (Å²) >= 11 is 0. The van der Waals surface area contributed by atoms with Gasteiger partial charge in [-0.2, -0.15) is 0 Å². The summed E-state index contributed by atoms with van der Waals surface area (Å²) < 4.78 is 36.7. The first-order valence-corrected chi connectivity index (χ1v) is 13.3. The molecule has 6 rings (SSSR count). The molecule has 3 N–H and O–H groups in total. The standard InChI is InChI=1S/C25H27FN4O5.C3H8O/c26-17-9-18-19(10-22(28-18)35-21-12-34-24-20(32)11-33-25(21)24)29-23(17)14-1-3-16(4-2-14)30-7-5-15(6-8-30)27-13-31;1-3-4-2/h1-4,9-10,13,15,20-21,24-25,28,32H,5-8,11-12H2,(H,27,31);3H2,1-2H3/t20?,21?,24-,25-;/m1./s1.